The first-order chi connectivity index (χ1) is 15.5. The maximum absolute atomic E-state index is 10.7. The molecule has 3 nitrogen and oxygen atoms in total. The van der Waals surface area contributed by atoms with Crippen LogP contribution in [0.25, 0.3) is 0 Å². The molecular formula is C30H42N2O. The average Bonchev–Trinajstić information content (AvgIpc) is 2.73. The Kier molecular flexibility index (Phi) is 9.40. The van der Waals surface area contributed by atoms with E-state index >= 15 is 0 Å². The summed E-state index contributed by atoms with van der Waals surface area (Å²) >= 11 is 0. The van der Waals surface area contributed by atoms with Crippen molar-refractivity contribution in [1.29, 1.82) is 0 Å². The van der Waals surface area contributed by atoms with E-state index in [1.807, 2.05) is 31.4 Å². The van der Waals surface area contributed by atoms with Gasteiger partial charge in [-0.25, -0.2) is 0 Å². The molecule has 0 heterocycles. The van der Waals surface area contributed by atoms with Gasteiger partial charge in [0.25, 0.3) is 0 Å². The second-order valence-corrected chi connectivity index (χ2v) is 10.3. The van der Waals surface area contributed by atoms with Crippen molar-refractivity contribution in [2.45, 2.75) is 72.9 Å². The summed E-state index contributed by atoms with van der Waals surface area (Å²) in [6, 6.07) is 13.3. The number of phenols is 1. The molecule has 0 saturated heterocycles. The molecule has 3 heteroatoms. The number of nitrogens with one attached hydrogen (secondary N) is 1. The molecule has 0 saturated carbocycles. The number of phenolic OH excluding ortho intramolecular Hbond substituents is 1. The molecule has 0 bridgehead atoms. The molecule has 2 aromatic rings. The van der Waals surface area contributed by atoms with Gasteiger partial charge in [-0.2, -0.15) is 0 Å². The minimum absolute atomic E-state index is 0.110. The lowest BCUT2D eigenvalue weighted by molar-refractivity contribution is 0.442. The van der Waals surface area contributed by atoms with Crippen molar-refractivity contribution < 1.29 is 5.11 Å². The Labute approximate surface area is 201 Å². The van der Waals surface area contributed by atoms with Crippen molar-refractivity contribution in [1.82, 2.24) is 0 Å². The zero-order valence-electron chi connectivity index (χ0n) is 21.5. The van der Waals surface area contributed by atoms with Crippen LogP contribution in [0.15, 0.2) is 73.5 Å². The first-order valence-electron chi connectivity index (χ1n) is 11.9. The van der Waals surface area contributed by atoms with Crippen molar-refractivity contribution in [3.63, 3.8) is 0 Å². The molecule has 1 atom stereocenters. The van der Waals surface area contributed by atoms with Gasteiger partial charge in [-0.15, -0.1) is 0 Å². The quantitative estimate of drug-likeness (QED) is 0.362. The number of rotatable bonds is 10. The van der Waals surface area contributed by atoms with Gasteiger partial charge in [0.15, 0.2) is 0 Å². The van der Waals surface area contributed by atoms with Crippen molar-refractivity contribution >= 4 is 11.4 Å². The summed E-state index contributed by atoms with van der Waals surface area (Å²) < 4.78 is 0. The average molecular weight is 447 g/mol. The van der Waals surface area contributed by atoms with Gasteiger partial charge in [0.05, 0.1) is 0 Å². The second-order valence-electron chi connectivity index (χ2n) is 10.3. The van der Waals surface area contributed by atoms with Crippen LogP contribution in [0.2, 0.25) is 0 Å². The van der Waals surface area contributed by atoms with Crippen LogP contribution >= 0.6 is 0 Å². The lowest BCUT2D eigenvalue weighted by atomic mass is 9.84. The number of anilines is 2. The molecule has 0 fully saturated rings. The Bertz CT molecular complexity index is 962. The van der Waals surface area contributed by atoms with Gasteiger partial charge in [-0.1, -0.05) is 65.5 Å². The van der Waals surface area contributed by atoms with E-state index < -0.39 is 0 Å². The summed E-state index contributed by atoms with van der Waals surface area (Å²) in [4.78, 5) is 2.48. The monoisotopic (exact) mass is 446 g/mol. The van der Waals surface area contributed by atoms with Crippen LogP contribution in [0.4, 0.5) is 11.4 Å². The van der Waals surface area contributed by atoms with Gasteiger partial charge >= 0.3 is 0 Å². The second kappa shape index (κ2) is 11.8. The third kappa shape index (κ3) is 7.85. The lowest BCUT2D eigenvalue weighted by Gasteiger charge is -2.33. The SMILES string of the molecule is C=C/C=C\C=C\Nc1ccc(N(Cc2cc(C)c(O)c(C(C)(C)C)c2)C(C)CC(C)C)cc1. The fraction of sp³-hybridized carbons (Fsp3) is 0.400. The molecule has 0 radical (unpaired) electrons. The summed E-state index contributed by atoms with van der Waals surface area (Å²) in [5.74, 6) is 1.03. The molecule has 0 aliphatic rings. The molecule has 0 aromatic heterocycles. The molecule has 0 spiro atoms. The fourth-order valence-electron chi connectivity index (χ4n) is 4.12. The Balaban J connectivity index is 2.33. The normalized spacial score (nSPS) is 13.1. The summed E-state index contributed by atoms with van der Waals surface area (Å²) in [5.41, 5.74) is 5.31. The molecule has 178 valence electrons. The zero-order chi connectivity index (χ0) is 24.6. The van der Waals surface area contributed by atoms with Crippen molar-refractivity contribution in [3.05, 3.63) is 90.2 Å². The van der Waals surface area contributed by atoms with Gasteiger partial charge < -0.3 is 15.3 Å². The first kappa shape index (κ1) is 26.3. The van der Waals surface area contributed by atoms with Crippen LogP contribution in [-0.4, -0.2) is 11.1 Å². The highest BCUT2D eigenvalue weighted by Gasteiger charge is 2.22. The molecule has 0 aliphatic heterocycles. The summed E-state index contributed by atoms with van der Waals surface area (Å²) in [6.45, 7) is 19.8. The Morgan fingerprint density at radius 3 is 2.27 bits per heavy atom. The van der Waals surface area contributed by atoms with E-state index in [1.165, 1.54) is 11.3 Å². The highest BCUT2D eigenvalue weighted by atomic mass is 16.3. The van der Waals surface area contributed by atoms with Gasteiger partial charge in [0.2, 0.25) is 0 Å². The summed E-state index contributed by atoms with van der Waals surface area (Å²) in [7, 11) is 0. The largest absolute Gasteiger partial charge is 0.507 e. The first-order valence-corrected chi connectivity index (χ1v) is 11.9. The van der Waals surface area contributed by atoms with Crippen LogP contribution in [-0.2, 0) is 12.0 Å². The Morgan fingerprint density at radius 1 is 1.03 bits per heavy atom. The molecular weight excluding hydrogens is 404 g/mol. The van der Waals surface area contributed by atoms with E-state index in [4.69, 9.17) is 0 Å². The maximum atomic E-state index is 10.7. The van der Waals surface area contributed by atoms with Crippen LogP contribution in [0.5, 0.6) is 5.75 Å². The smallest absolute Gasteiger partial charge is 0.122 e. The molecule has 2 rings (SSSR count). The van der Waals surface area contributed by atoms with E-state index in [2.05, 4.69) is 94.7 Å². The highest BCUT2D eigenvalue weighted by molar-refractivity contribution is 5.57. The fourth-order valence-corrected chi connectivity index (χ4v) is 4.12. The van der Waals surface area contributed by atoms with Crippen molar-refractivity contribution in [3.8, 4) is 5.75 Å². The van der Waals surface area contributed by atoms with Crippen LogP contribution in [0.1, 0.15) is 64.7 Å². The van der Waals surface area contributed by atoms with E-state index in [-0.39, 0.29) is 5.41 Å². The van der Waals surface area contributed by atoms with Crippen LogP contribution in [0.3, 0.4) is 0 Å². The Hall–Kier alpha value is -2.94. The minimum Gasteiger partial charge on any atom is -0.507 e. The lowest BCUT2D eigenvalue weighted by Crippen LogP contribution is -2.33. The molecule has 2 N–H and O–H groups in total. The van der Waals surface area contributed by atoms with Gasteiger partial charge in [-0.05, 0) is 84.7 Å². The summed E-state index contributed by atoms with van der Waals surface area (Å²) in [6.07, 6.45) is 10.6. The molecule has 0 amide bonds. The number of hydrogen-bond acceptors (Lipinski definition) is 3. The zero-order valence-corrected chi connectivity index (χ0v) is 21.5. The number of nitrogens with zero attached hydrogens (tertiary/aromatic N) is 1. The topological polar surface area (TPSA) is 35.5 Å². The van der Waals surface area contributed by atoms with Crippen LogP contribution in [0, 0.1) is 12.8 Å². The predicted molar refractivity (Wildman–Crippen MR) is 145 cm³/mol. The molecule has 2 aromatic carbocycles. The molecule has 1 unspecified atom stereocenters. The van der Waals surface area contributed by atoms with Crippen LogP contribution < -0.4 is 10.2 Å². The third-order valence-electron chi connectivity index (χ3n) is 5.77. The van der Waals surface area contributed by atoms with E-state index in [1.54, 1.807) is 6.08 Å². The highest BCUT2D eigenvalue weighted by Crippen LogP contribution is 2.35. The van der Waals surface area contributed by atoms with E-state index in [0.29, 0.717) is 17.7 Å². The number of allylic oxidation sites excluding steroid dienone is 4. The van der Waals surface area contributed by atoms with E-state index in [0.717, 1.165) is 29.8 Å². The van der Waals surface area contributed by atoms with E-state index in [9.17, 15) is 5.11 Å². The number of hydrogen-bond donors (Lipinski definition) is 2. The number of benzene rings is 2. The number of aromatic hydroxyl groups is 1. The van der Waals surface area contributed by atoms with Gasteiger partial charge in [0, 0.05) is 30.2 Å². The third-order valence-corrected chi connectivity index (χ3v) is 5.77. The number of aryl methyl sites for hydroxylation is 1. The maximum Gasteiger partial charge on any atom is 0.122 e. The molecule has 0 aliphatic carbocycles. The molecule has 33 heavy (non-hydrogen) atoms. The van der Waals surface area contributed by atoms with Gasteiger partial charge in [-0.3, -0.25) is 0 Å². The predicted octanol–water partition coefficient (Wildman–Crippen LogP) is 8.11. The van der Waals surface area contributed by atoms with Crippen molar-refractivity contribution in [2.75, 3.05) is 10.2 Å². The van der Waals surface area contributed by atoms with Crippen molar-refractivity contribution in [2.24, 2.45) is 5.92 Å². The standard InChI is InChI=1S/C30H42N2O/c1-9-10-11-12-17-31-26-13-15-27(16-14-26)32(24(5)18-22(2)3)21-25-19-23(4)29(33)28(20-25)30(6,7)8/h9-17,19-20,22,24,31,33H,1,18,21H2,2-8H3/b11-10-,17-12+. The van der Waals surface area contributed by atoms with Gasteiger partial charge in [0.1, 0.15) is 5.75 Å². The summed E-state index contributed by atoms with van der Waals surface area (Å²) in [5, 5.41) is 14.0. The minimum atomic E-state index is -0.110. The Morgan fingerprint density at radius 2 is 1.70 bits per heavy atom.